The third-order valence-corrected chi connectivity index (χ3v) is 5.44. The van der Waals surface area contributed by atoms with Crippen molar-refractivity contribution in [2.24, 2.45) is 0 Å². The van der Waals surface area contributed by atoms with E-state index in [1.165, 1.54) is 0 Å². The summed E-state index contributed by atoms with van der Waals surface area (Å²) in [7, 11) is 0. The maximum Gasteiger partial charge on any atom is 0.253 e. The third-order valence-electron chi connectivity index (χ3n) is 5.44. The van der Waals surface area contributed by atoms with Crippen LogP contribution in [0.25, 0.3) is 0 Å². The number of carbonyl (C=O) groups is 3. The van der Waals surface area contributed by atoms with Gasteiger partial charge in [-0.25, -0.2) is 0 Å². The Morgan fingerprint density at radius 2 is 1.86 bits per heavy atom. The number of rotatable bonds is 3. The number of carbonyl (C=O) groups excluding carboxylic acids is 3. The average Bonchev–Trinajstić information content (AvgIpc) is 3.23. The summed E-state index contributed by atoms with van der Waals surface area (Å²) >= 11 is 0. The lowest BCUT2D eigenvalue weighted by molar-refractivity contribution is -0.123. The average molecular weight is 377 g/mol. The van der Waals surface area contributed by atoms with Crippen LogP contribution in [0.4, 0.5) is 11.4 Å². The number of para-hydroxylation sites is 1. The van der Waals surface area contributed by atoms with Gasteiger partial charge >= 0.3 is 0 Å². The van der Waals surface area contributed by atoms with Crippen LogP contribution in [0.1, 0.15) is 46.7 Å². The Morgan fingerprint density at radius 3 is 2.61 bits per heavy atom. The van der Waals surface area contributed by atoms with Gasteiger partial charge in [-0.05, 0) is 55.2 Å². The van der Waals surface area contributed by atoms with Gasteiger partial charge in [0.1, 0.15) is 0 Å². The number of aryl methyl sites for hydroxylation is 1. The molecule has 1 fully saturated rings. The van der Waals surface area contributed by atoms with Crippen LogP contribution < -0.4 is 10.6 Å². The minimum atomic E-state index is -0.532. The molecule has 0 bridgehead atoms. The van der Waals surface area contributed by atoms with E-state index in [0.29, 0.717) is 16.9 Å². The van der Waals surface area contributed by atoms with E-state index in [1.54, 1.807) is 18.2 Å². The SMILES string of the molecule is Cc1cc(C(=O)N2CCCC2)ccc1NC(=O)C1CC(=O)Nc2ccccc21. The van der Waals surface area contributed by atoms with Gasteiger partial charge in [0.2, 0.25) is 11.8 Å². The summed E-state index contributed by atoms with van der Waals surface area (Å²) in [6.45, 7) is 3.48. The third kappa shape index (κ3) is 3.50. The summed E-state index contributed by atoms with van der Waals surface area (Å²) < 4.78 is 0. The molecule has 1 unspecified atom stereocenters. The zero-order valence-corrected chi connectivity index (χ0v) is 15.8. The Bertz CT molecular complexity index is 948. The fourth-order valence-electron chi connectivity index (χ4n) is 3.90. The molecule has 28 heavy (non-hydrogen) atoms. The van der Waals surface area contributed by atoms with E-state index in [1.807, 2.05) is 36.1 Å². The van der Waals surface area contributed by atoms with Crippen molar-refractivity contribution in [2.45, 2.75) is 32.1 Å². The molecule has 0 aromatic heterocycles. The van der Waals surface area contributed by atoms with Gasteiger partial charge in [-0.3, -0.25) is 14.4 Å². The van der Waals surface area contributed by atoms with Crippen LogP contribution in [0.15, 0.2) is 42.5 Å². The van der Waals surface area contributed by atoms with Crippen LogP contribution in [-0.2, 0) is 9.59 Å². The van der Waals surface area contributed by atoms with Crippen molar-refractivity contribution in [3.63, 3.8) is 0 Å². The van der Waals surface area contributed by atoms with Gasteiger partial charge < -0.3 is 15.5 Å². The largest absolute Gasteiger partial charge is 0.339 e. The predicted octanol–water partition coefficient (Wildman–Crippen LogP) is 3.30. The molecule has 6 heteroatoms. The van der Waals surface area contributed by atoms with Crippen LogP contribution in [0.2, 0.25) is 0 Å². The lowest BCUT2D eigenvalue weighted by Crippen LogP contribution is -2.31. The molecule has 0 aliphatic carbocycles. The minimum Gasteiger partial charge on any atom is -0.339 e. The number of anilines is 2. The number of hydrogen-bond acceptors (Lipinski definition) is 3. The van der Waals surface area contributed by atoms with Crippen LogP contribution >= 0.6 is 0 Å². The van der Waals surface area contributed by atoms with Crippen LogP contribution in [0.5, 0.6) is 0 Å². The Balaban J connectivity index is 1.52. The zero-order valence-electron chi connectivity index (χ0n) is 15.8. The smallest absolute Gasteiger partial charge is 0.253 e. The van der Waals surface area contributed by atoms with Gasteiger partial charge in [-0.1, -0.05) is 18.2 Å². The molecule has 2 aliphatic heterocycles. The van der Waals surface area contributed by atoms with Crippen molar-refractivity contribution in [2.75, 3.05) is 23.7 Å². The highest BCUT2D eigenvalue weighted by Gasteiger charge is 2.30. The molecule has 2 aliphatic rings. The summed E-state index contributed by atoms with van der Waals surface area (Å²) in [5.74, 6) is -0.877. The molecular weight excluding hydrogens is 354 g/mol. The number of amides is 3. The highest BCUT2D eigenvalue weighted by Crippen LogP contribution is 2.33. The van der Waals surface area contributed by atoms with E-state index >= 15 is 0 Å². The van der Waals surface area contributed by atoms with Gasteiger partial charge in [0.25, 0.3) is 5.91 Å². The Morgan fingerprint density at radius 1 is 1.11 bits per heavy atom. The first-order valence-electron chi connectivity index (χ1n) is 9.62. The molecular formula is C22H23N3O3. The number of nitrogens with zero attached hydrogens (tertiary/aromatic N) is 1. The molecule has 144 valence electrons. The second-order valence-electron chi connectivity index (χ2n) is 7.41. The quantitative estimate of drug-likeness (QED) is 0.861. The summed E-state index contributed by atoms with van der Waals surface area (Å²) in [4.78, 5) is 39.3. The van der Waals surface area contributed by atoms with E-state index < -0.39 is 5.92 Å². The molecule has 2 aromatic carbocycles. The van der Waals surface area contributed by atoms with E-state index in [2.05, 4.69) is 10.6 Å². The van der Waals surface area contributed by atoms with Crippen molar-refractivity contribution in [1.82, 2.24) is 4.90 Å². The first-order valence-corrected chi connectivity index (χ1v) is 9.62. The Kier molecular flexibility index (Phi) is 4.86. The van der Waals surface area contributed by atoms with Gasteiger partial charge in [-0.15, -0.1) is 0 Å². The van der Waals surface area contributed by atoms with Crippen molar-refractivity contribution < 1.29 is 14.4 Å². The molecule has 0 saturated carbocycles. The molecule has 3 amide bonds. The fraction of sp³-hybridized carbons (Fsp3) is 0.318. The number of nitrogens with one attached hydrogen (secondary N) is 2. The molecule has 1 atom stereocenters. The minimum absolute atomic E-state index is 0.0383. The topological polar surface area (TPSA) is 78.5 Å². The van der Waals surface area contributed by atoms with Gasteiger partial charge in [0.15, 0.2) is 0 Å². The maximum absolute atomic E-state index is 12.9. The molecule has 0 radical (unpaired) electrons. The van der Waals surface area contributed by atoms with Gasteiger partial charge in [0.05, 0.1) is 5.92 Å². The molecule has 2 aromatic rings. The molecule has 2 heterocycles. The second kappa shape index (κ2) is 7.46. The van der Waals surface area contributed by atoms with E-state index in [9.17, 15) is 14.4 Å². The highest BCUT2D eigenvalue weighted by molar-refractivity contribution is 6.05. The van der Waals surface area contributed by atoms with E-state index in [0.717, 1.165) is 37.1 Å². The summed E-state index contributed by atoms with van der Waals surface area (Å²) in [5, 5.41) is 5.74. The van der Waals surface area contributed by atoms with Crippen LogP contribution in [0.3, 0.4) is 0 Å². The summed E-state index contributed by atoms with van der Waals surface area (Å²) in [5.41, 5.74) is 3.62. The molecule has 2 N–H and O–H groups in total. The van der Waals surface area contributed by atoms with Crippen LogP contribution in [-0.4, -0.2) is 35.7 Å². The van der Waals surface area contributed by atoms with Crippen molar-refractivity contribution in [1.29, 1.82) is 0 Å². The fourth-order valence-corrected chi connectivity index (χ4v) is 3.90. The number of fused-ring (bicyclic) bond motifs is 1. The van der Waals surface area contributed by atoms with Gasteiger partial charge in [0, 0.05) is 36.4 Å². The summed E-state index contributed by atoms with van der Waals surface area (Å²) in [6, 6.07) is 12.7. The number of likely N-dealkylation sites (tertiary alicyclic amines) is 1. The van der Waals surface area contributed by atoms with Crippen molar-refractivity contribution >= 4 is 29.1 Å². The maximum atomic E-state index is 12.9. The predicted molar refractivity (Wildman–Crippen MR) is 107 cm³/mol. The normalized spacial score (nSPS) is 18.4. The molecule has 6 nitrogen and oxygen atoms in total. The number of hydrogen-bond donors (Lipinski definition) is 2. The van der Waals surface area contributed by atoms with Crippen molar-refractivity contribution in [3.8, 4) is 0 Å². The standard InChI is InChI=1S/C22H23N3O3/c1-14-12-15(22(28)25-10-4-5-11-25)8-9-18(14)24-21(27)17-13-20(26)23-19-7-3-2-6-16(17)19/h2-3,6-9,12,17H,4-5,10-11,13H2,1H3,(H,23,26)(H,24,27). The first-order chi connectivity index (χ1) is 13.5. The van der Waals surface area contributed by atoms with E-state index in [-0.39, 0.29) is 24.1 Å². The summed E-state index contributed by atoms with van der Waals surface area (Å²) in [6.07, 6.45) is 2.22. The van der Waals surface area contributed by atoms with Crippen molar-refractivity contribution in [3.05, 3.63) is 59.2 Å². The lowest BCUT2D eigenvalue weighted by atomic mass is 9.89. The lowest BCUT2D eigenvalue weighted by Gasteiger charge is -2.25. The van der Waals surface area contributed by atoms with E-state index in [4.69, 9.17) is 0 Å². The Labute approximate surface area is 163 Å². The zero-order chi connectivity index (χ0) is 19.7. The number of benzene rings is 2. The molecule has 4 rings (SSSR count). The first kappa shape index (κ1) is 18.2. The van der Waals surface area contributed by atoms with Gasteiger partial charge in [-0.2, -0.15) is 0 Å². The molecule has 1 saturated heterocycles. The molecule has 0 spiro atoms. The van der Waals surface area contributed by atoms with Crippen LogP contribution in [0, 0.1) is 6.92 Å². The monoisotopic (exact) mass is 377 g/mol. The second-order valence-corrected chi connectivity index (χ2v) is 7.41. The highest BCUT2D eigenvalue weighted by atomic mass is 16.2. The Hall–Kier alpha value is -3.15.